The van der Waals surface area contributed by atoms with E-state index in [1.165, 1.54) is 23.8 Å². The van der Waals surface area contributed by atoms with Crippen LogP contribution in [0.4, 0.5) is 10.1 Å². The van der Waals surface area contributed by atoms with Crippen molar-refractivity contribution in [3.8, 4) is 0 Å². The SMILES string of the molecule is CC(C)c1ccc(NC(=O)C[C@H](C)CC(=O)NNC(=O)c2cccc(F)c2)cc1. The smallest absolute Gasteiger partial charge is 0.269 e. The second kappa shape index (κ2) is 10.4. The molecular weight excluding hydrogens is 373 g/mol. The molecule has 0 unspecified atom stereocenters. The van der Waals surface area contributed by atoms with Gasteiger partial charge in [-0.05, 0) is 47.7 Å². The molecule has 0 fully saturated rings. The van der Waals surface area contributed by atoms with Crippen molar-refractivity contribution < 1.29 is 18.8 Å². The van der Waals surface area contributed by atoms with E-state index in [-0.39, 0.29) is 30.2 Å². The van der Waals surface area contributed by atoms with Gasteiger partial charge in [-0.3, -0.25) is 25.2 Å². The molecule has 29 heavy (non-hydrogen) atoms. The second-order valence-electron chi connectivity index (χ2n) is 7.35. The maximum absolute atomic E-state index is 13.1. The molecule has 3 N–H and O–H groups in total. The minimum Gasteiger partial charge on any atom is -0.326 e. The third kappa shape index (κ3) is 7.37. The highest BCUT2D eigenvalue weighted by molar-refractivity contribution is 5.95. The molecule has 1 atom stereocenters. The van der Waals surface area contributed by atoms with Gasteiger partial charge < -0.3 is 5.32 Å². The zero-order valence-corrected chi connectivity index (χ0v) is 16.8. The molecule has 2 rings (SSSR count). The third-order valence-corrected chi connectivity index (χ3v) is 4.33. The zero-order chi connectivity index (χ0) is 21.4. The summed E-state index contributed by atoms with van der Waals surface area (Å²) in [5, 5.41) is 2.81. The van der Waals surface area contributed by atoms with Gasteiger partial charge in [-0.1, -0.05) is 39.0 Å². The fourth-order valence-electron chi connectivity index (χ4n) is 2.75. The van der Waals surface area contributed by atoms with E-state index in [1.807, 2.05) is 24.3 Å². The molecule has 0 saturated carbocycles. The topological polar surface area (TPSA) is 87.3 Å². The van der Waals surface area contributed by atoms with Crippen molar-refractivity contribution in [3.05, 3.63) is 65.5 Å². The number of anilines is 1. The van der Waals surface area contributed by atoms with Crippen molar-refractivity contribution in [2.24, 2.45) is 5.92 Å². The van der Waals surface area contributed by atoms with Crippen LogP contribution in [0.15, 0.2) is 48.5 Å². The Labute approximate surface area is 169 Å². The number of amides is 3. The van der Waals surface area contributed by atoms with Crippen LogP contribution >= 0.6 is 0 Å². The van der Waals surface area contributed by atoms with Gasteiger partial charge in [-0.2, -0.15) is 0 Å². The van der Waals surface area contributed by atoms with E-state index < -0.39 is 17.6 Å². The van der Waals surface area contributed by atoms with Gasteiger partial charge in [0.2, 0.25) is 11.8 Å². The first kappa shape index (κ1) is 22.1. The predicted molar refractivity (Wildman–Crippen MR) is 110 cm³/mol. The minimum absolute atomic E-state index is 0.0587. The summed E-state index contributed by atoms with van der Waals surface area (Å²) in [6.45, 7) is 5.97. The van der Waals surface area contributed by atoms with Crippen LogP contribution in [0.3, 0.4) is 0 Å². The van der Waals surface area contributed by atoms with Crippen LogP contribution in [0.25, 0.3) is 0 Å². The Morgan fingerprint density at radius 3 is 2.17 bits per heavy atom. The first-order valence-corrected chi connectivity index (χ1v) is 9.49. The van der Waals surface area contributed by atoms with Crippen LogP contribution in [-0.2, 0) is 9.59 Å². The zero-order valence-electron chi connectivity index (χ0n) is 16.8. The van der Waals surface area contributed by atoms with E-state index in [0.29, 0.717) is 11.6 Å². The number of nitrogens with one attached hydrogen (secondary N) is 3. The van der Waals surface area contributed by atoms with E-state index in [2.05, 4.69) is 30.0 Å². The summed E-state index contributed by atoms with van der Waals surface area (Å²) in [5.41, 5.74) is 6.50. The lowest BCUT2D eigenvalue weighted by molar-refractivity contribution is -0.123. The molecule has 0 heterocycles. The maximum atomic E-state index is 13.1. The fraction of sp³-hybridized carbons (Fsp3) is 0.318. The lowest BCUT2D eigenvalue weighted by atomic mass is 10.0. The van der Waals surface area contributed by atoms with Gasteiger partial charge >= 0.3 is 0 Å². The van der Waals surface area contributed by atoms with Crippen molar-refractivity contribution in [2.45, 2.75) is 39.5 Å². The van der Waals surface area contributed by atoms with E-state index in [1.54, 1.807) is 6.92 Å². The van der Waals surface area contributed by atoms with Gasteiger partial charge in [0.25, 0.3) is 5.91 Å². The Morgan fingerprint density at radius 2 is 1.55 bits per heavy atom. The highest BCUT2D eigenvalue weighted by Crippen LogP contribution is 2.18. The van der Waals surface area contributed by atoms with Crippen LogP contribution in [0.1, 0.15) is 55.5 Å². The number of carbonyl (C=O) groups is 3. The van der Waals surface area contributed by atoms with Crippen molar-refractivity contribution in [1.29, 1.82) is 0 Å². The van der Waals surface area contributed by atoms with Crippen molar-refractivity contribution >= 4 is 23.4 Å². The predicted octanol–water partition coefficient (Wildman–Crippen LogP) is 3.77. The number of rotatable bonds is 7. The molecule has 2 aromatic rings. The fourth-order valence-corrected chi connectivity index (χ4v) is 2.75. The normalized spacial score (nSPS) is 11.6. The summed E-state index contributed by atoms with van der Waals surface area (Å²) >= 11 is 0. The molecular formula is C22H26FN3O3. The van der Waals surface area contributed by atoms with Crippen LogP contribution in [0.5, 0.6) is 0 Å². The highest BCUT2D eigenvalue weighted by Gasteiger charge is 2.15. The summed E-state index contributed by atoms with van der Waals surface area (Å²) in [6, 6.07) is 12.8. The van der Waals surface area contributed by atoms with Gasteiger partial charge in [-0.15, -0.1) is 0 Å². The monoisotopic (exact) mass is 399 g/mol. The summed E-state index contributed by atoms with van der Waals surface area (Å²) < 4.78 is 13.1. The van der Waals surface area contributed by atoms with Gasteiger partial charge in [0.1, 0.15) is 5.82 Å². The molecule has 2 aromatic carbocycles. The maximum Gasteiger partial charge on any atom is 0.269 e. The summed E-state index contributed by atoms with van der Waals surface area (Å²) in [5.74, 6) is -1.59. The first-order chi connectivity index (χ1) is 13.7. The van der Waals surface area contributed by atoms with Gasteiger partial charge in [0.15, 0.2) is 0 Å². The Kier molecular flexibility index (Phi) is 7.88. The van der Waals surface area contributed by atoms with E-state index in [4.69, 9.17) is 0 Å². The Bertz CT molecular complexity index is 866. The number of halogens is 1. The molecule has 6 nitrogen and oxygen atoms in total. The molecule has 0 aliphatic carbocycles. The van der Waals surface area contributed by atoms with Crippen LogP contribution in [-0.4, -0.2) is 17.7 Å². The lowest BCUT2D eigenvalue weighted by Gasteiger charge is -2.13. The first-order valence-electron chi connectivity index (χ1n) is 9.49. The Hall–Kier alpha value is -3.22. The molecule has 154 valence electrons. The lowest BCUT2D eigenvalue weighted by Crippen LogP contribution is -2.42. The molecule has 0 saturated heterocycles. The molecule has 0 radical (unpaired) electrons. The molecule has 0 aliphatic heterocycles. The van der Waals surface area contributed by atoms with E-state index >= 15 is 0 Å². The molecule has 7 heteroatoms. The largest absolute Gasteiger partial charge is 0.326 e. The van der Waals surface area contributed by atoms with Gasteiger partial charge in [0, 0.05) is 24.1 Å². The average molecular weight is 399 g/mol. The van der Waals surface area contributed by atoms with Gasteiger partial charge in [-0.25, -0.2) is 4.39 Å². The highest BCUT2D eigenvalue weighted by atomic mass is 19.1. The molecule has 0 aromatic heterocycles. The number of hydrazine groups is 1. The van der Waals surface area contributed by atoms with Crippen LogP contribution < -0.4 is 16.2 Å². The number of carbonyl (C=O) groups excluding carboxylic acids is 3. The number of hydrogen-bond donors (Lipinski definition) is 3. The summed E-state index contributed by atoms with van der Waals surface area (Å²) in [4.78, 5) is 36.0. The molecule has 0 spiro atoms. The average Bonchev–Trinajstić information content (AvgIpc) is 2.66. The third-order valence-electron chi connectivity index (χ3n) is 4.33. The van der Waals surface area contributed by atoms with E-state index in [9.17, 15) is 18.8 Å². The molecule has 0 bridgehead atoms. The van der Waals surface area contributed by atoms with Crippen LogP contribution in [0, 0.1) is 11.7 Å². The van der Waals surface area contributed by atoms with Crippen molar-refractivity contribution in [1.82, 2.24) is 10.9 Å². The Balaban J connectivity index is 1.74. The summed E-state index contributed by atoms with van der Waals surface area (Å²) in [6.07, 6.45) is 0.223. The quantitative estimate of drug-likeness (QED) is 0.620. The summed E-state index contributed by atoms with van der Waals surface area (Å²) in [7, 11) is 0. The molecule has 0 aliphatic rings. The molecule has 3 amide bonds. The Morgan fingerprint density at radius 1 is 0.897 bits per heavy atom. The second-order valence-corrected chi connectivity index (χ2v) is 7.35. The van der Waals surface area contributed by atoms with E-state index in [0.717, 1.165) is 6.07 Å². The standard InChI is InChI=1S/C22H26FN3O3/c1-14(2)16-7-9-19(10-8-16)24-20(27)11-15(3)12-21(28)25-26-22(29)17-5-4-6-18(23)13-17/h4-10,13-15H,11-12H2,1-3H3,(H,24,27)(H,25,28)(H,26,29)/t15-/m0/s1. The van der Waals surface area contributed by atoms with Gasteiger partial charge in [0.05, 0.1) is 0 Å². The number of hydrogen-bond acceptors (Lipinski definition) is 3. The minimum atomic E-state index is -0.618. The van der Waals surface area contributed by atoms with Crippen molar-refractivity contribution in [3.63, 3.8) is 0 Å². The number of benzene rings is 2. The van der Waals surface area contributed by atoms with Crippen LogP contribution in [0.2, 0.25) is 0 Å². The van der Waals surface area contributed by atoms with Crippen molar-refractivity contribution in [2.75, 3.05) is 5.32 Å².